The Hall–Kier alpha value is -1.79. The van der Waals surface area contributed by atoms with Gasteiger partial charge in [0.05, 0.1) is 6.54 Å². The highest BCUT2D eigenvalue weighted by Crippen LogP contribution is 2.00. The SMILES string of the molecule is CC(C)NC(=O)CNC(=O)N[C@@H](C(=O)O)C(C)C. The molecule has 0 unspecified atom stereocenters. The van der Waals surface area contributed by atoms with Crippen LogP contribution in [0.15, 0.2) is 0 Å². The Morgan fingerprint density at radius 1 is 1.06 bits per heavy atom. The van der Waals surface area contributed by atoms with Crippen LogP contribution in [0.2, 0.25) is 0 Å². The fourth-order valence-electron chi connectivity index (χ4n) is 1.24. The minimum atomic E-state index is -1.10. The summed E-state index contributed by atoms with van der Waals surface area (Å²) in [6.45, 7) is 6.79. The number of amides is 3. The number of carboxylic acid groups (broad SMARTS) is 1. The molecule has 0 aromatic heterocycles. The predicted molar refractivity (Wildman–Crippen MR) is 66.1 cm³/mol. The van der Waals surface area contributed by atoms with E-state index in [4.69, 9.17) is 5.11 Å². The molecule has 1 atom stereocenters. The van der Waals surface area contributed by atoms with Gasteiger partial charge in [-0.1, -0.05) is 13.8 Å². The summed E-state index contributed by atoms with van der Waals surface area (Å²) in [6, 6.07) is -1.65. The molecular weight excluding hydrogens is 238 g/mol. The maximum Gasteiger partial charge on any atom is 0.326 e. The lowest BCUT2D eigenvalue weighted by Crippen LogP contribution is -2.50. The Balaban J connectivity index is 4.11. The molecular formula is C11H21N3O4. The number of hydrogen-bond donors (Lipinski definition) is 4. The average Bonchev–Trinajstić information content (AvgIpc) is 2.21. The molecule has 0 bridgehead atoms. The van der Waals surface area contributed by atoms with E-state index in [9.17, 15) is 14.4 Å². The van der Waals surface area contributed by atoms with Gasteiger partial charge < -0.3 is 21.1 Å². The van der Waals surface area contributed by atoms with Gasteiger partial charge in [-0.25, -0.2) is 9.59 Å². The standard InChI is InChI=1S/C11H21N3O4/c1-6(2)9(10(16)17)14-11(18)12-5-8(15)13-7(3)4/h6-7,9H,5H2,1-4H3,(H,13,15)(H,16,17)(H2,12,14,18)/t9-/m1/s1. The zero-order valence-electron chi connectivity index (χ0n) is 11.1. The number of carboxylic acids is 1. The van der Waals surface area contributed by atoms with Crippen LogP contribution in [0.3, 0.4) is 0 Å². The van der Waals surface area contributed by atoms with Gasteiger partial charge in [0, 0.05) is 6.04 Å². The monoisotopic (exact) mass is 259 g/mol. The van der Waals surface area contributed by atoms with E-state index in [0.717, 1.165) is 0 Å². The Kier molecular flexibility index (Phi) is 6.77. The Bertz CT molecular complexity index is 315. The van der Waals surface area contributed by atoms with Crippen LogP contribution in [-0.4, -0.2) is 41.6 Å². The molecule has 0 aromatic rings. The second-order valence-electron chi connectivity index (χ2n) is 4.61. The third kappa shape index (κ3) is 6.72. The molecule has 0 saturated heterocycles. The number of carbonyl (C=O) groups is 3. The second kappa shape index (κ2) is 7.52. The molecule has 7 nitrogen and oxygen atoms in total. The van der Waals surface area contributed by atoms with Gasteiger partial charge in [-0.2, -0.15) is 0 Å². The summed E-state index contributed by atoms with van der Waals surface area (Å²) in [5, 5.41) is 16.1. The highest BCUT2D eigenvalue weighted by Gasteiger charge is 2.23. The first-order chi connectivity index (χ1) is 8.23. The molecule has 0 heterocycles. The van der Waals surface area contributed by atoms with E-state index in [1.165, 1.54) is 0 Å². The predicted octanol–water partition coefficient (Wildman–Crippen LogP) is -0.0806. The normalized spacial score (nSPS) is 12.1. The number of rotatable bonds is 6. The van der Waals surface area contributed by atoms with Gasteiger partial charge in [0.2, 0.25) is 5.91 Å². The van der Waals surface area contributed by atoms with Crippen molar-refractivity contribution >= 4 is 17.9 Å². The third-order valence-corrected chi connectivity index (χ3v) is 2.08. The van der Waals surface area contributed by atoms with Crippen LogP contribution in [0.25, 0.3) is 0 Å². The number of urea groups is 1. The van der Waals surface area contributed by atoms with Crippen molar-refractivity contribution in [2.45, 2.75) is 39.8 Å². The number of carbonyl (C=O) groups excluding carboxylic acids is 2. The number of nitrogens with one attached hydrogen (secondary N) is 3. The molecule has 0 fully saturated rings. The van der Waals surface area contributed by atoms with Crippen molar-refractivity contribution in [3.05, 3.63) is 0 Å². The van der Waals surface area contributed by atoms with Crippen molar-refractivity contribution in [2.24, 2.45) is 5.92 Å². The Labute approximate surface area is 106 Å². The largest absolute Gasteiger partial charge is 0.480 e. The summed E-state index contributed by atoms with van der Waals surface area (Å²) in [5.41, 5.74) is 0. The molecule has 0 spiro atoms. The van der Waals surface area contributed by atoms with E-state index in [1.54, 1.807) is 27.7 Å². The van der Waals surface area contributed by atoms with Crippen molar-refractivity contribution in [1.82, 2.24) is 16.0 Å². The van der Waals surface area contributed by atoms with Gasteiger partial charge in [-0.3, -0.25) is 4.79 Å². The first-order valence-corrected chi connectivity index (χ1v) is 5.80. The minimum Gasteiger partial charge on any atom is -0.480 e. The van der Waals surface area contributed by atoms with E-state index < -0.39 is 18.0 Å². The Morgan fingerprint density at radius 2 is 1.61 bits per heavy atom. The summed E-state index contributed by atoms with van der Waals surface area (Å²) in [7, 11) is 0. The maximum absolute atomic E-state index is 11.4. The van der Waals surface area contributed by atoms with Crippen LogP contribution in [0, 0.1) is 5.92 Å². The molecule has 7 heteroatoms. The molecule has 18 heavy (non-hydrogen) atoms. The van der Waals surface area contributed by atoms with E-state index in [2.05, 4.69) is 16.0 Å². The summed E-state index contributed by atoms with van der Waals surface area (Å²) in [4.78, 5) is 33.5. The lowest BCUT2D eigenvalue weighted by molar-refractivity contribution is -0.140. The van der Waals surface area contributed by atoms with Crippen molar-refractivity contribution in [3.8, 4) is 0 Å². The molecule has 0 aromatic carbocycles. The molecule has 0 rings (SSSR count). The van der Waals surface area contributed by atoms with Crippen molar-refractivity contribution in [3.63, 3.8) is 0 Å². The molecule has 0 aliphatic heterocycles. The molecule has 0 aliphatic carbocycles. The molecule has 4 N–H and O–H groups in total. The first-order valence-electron chi connectivity index (χ1n) is 5.80. The van der Waals surface area contributed by atoms with Crippen molar-refractivity contribution < 1.29 is 19.5 Å². The van der Waals surface area contributed by atoms with Crippen LogP contribution in [-0.2, 0) is 9.59 Å². The smallest absolute Gasteiger partial charge is 0.326 e. The summed E-state index contributed by atoms with van der Waals surface area (Å²) >= 11 is 0. The average molecular weight is 259 g/mol. The second-order valence-corrected chi connectivity index (χ2v) is 4.61. The van der Waals surface area contributed by atoms with Crippen LogP contribution in [0.5, 0.6) is 0 Å². The zero-order chi connectivity index (χ0) is 14.3. The lowest BCUT2D eigenvalue weighted by atomic mass is 10.1. The lowest BCUT2D eigenvalue weighted by Gasteiger charge is -2.18. The van der Waals surface area contributed by atoms with Gasteiger partial charge >= 0.3 is 12.0 Å². The van der Waals surface area contributed by atoms with Crippen molar-refractivity contribution in [1.29, 1.82) is 0 Å². The molecule has 0 radical (unpaired) electrons. The van der Waals surface area contributed by atoms with Crippen molar-refractivity contribution in [2.75, 3.05) is 6.54 Å². The number of hydrogen-bond acceptors (Lipinski definition) is 3. The molecule has 3 amide bonds. The van der Waals surface area contributed by atoms with Gasteiger partial charge in [0.1, 0.15) is 6.04 Å². The molecule has 104 valence electrons. The molecule has 0 saturated carbocycles. The van der Waals surface area contributed by atoms with E-state index in [0.29, 0.717) is 0 Å². The minimum absolute atomic E-state index is 0.00945. The third-order valence-electron chi connectivity index (χ3n) is 2.08. The van der Waals surface area contributed by atoms with E-state index in [1.807, 2.05) is 0 Å². The first kappa shape index (κ1) is 16.2. The van der Waals surface area contributed by atoms with E-state index in [-0.39, 0.29) is 24.4 Å². The van der Waals surface area contributed by atoms with Crippen LogP contribution >= 0.6 is 0 Å². The molecule has 0 aliphatic rings. The topological polar surface area (TPSA) is 108 Å². The number of aliphatic carboxylic acids is 1. The van der Waals surface area contributed by atoms with Crippen LogP contribution < -0.4 is 16.0 Å². The maximum atomic E-state index is 11.4. The highest BCUT2D eigenvalue weighted by atomic mass is 16.4. The fourth-order valence-corrected chi connectivity index (χ4v) is 1.24. The van der Waals surface area contributed by atoms with Crippen LogP contribution in [0.4, 0.5) is 4.79 Å². The zero-order valence-corrected chi connectivity index (χ0v) is 11.1. The van der Waals surface area contributed by atoms with Gasteiger partial charge in [0.15, 0.2) is 0 Å². The fraction of sp³-hybridized carbons (Fsp3) is 0.727. The van der Waals surface area contributed by atoms with Crippen LogP contribution in [0.1, 0.15) is 27.7 Å². The summed E-state index contributed by atoms with van der Waals surface area (Å²) in [6.07, 6.45) is 0. The van der Waals surface area contributed by atoms with Gasteiger partial charge in [-0.05, 0) is 19.8 Å². The quantitative estimate of drug-likeness (QED) is 0.535. The van der Waals surface area contributed by atoms with E-state index >= 15 is 0 Å². The summed E-state index contributed by atoms with van der Waals surface area (Å²) in [5.74, 6) is -1.67. The summed E-state index contributed by atoms with van der Waals surface area (Å²) < 4.78 is 0. The Morgan fingerprint density at radius 3 is 2.00 bits per heavy atom. The highest BCUT2D eigenvalue weighted by molar-refractivity contribution is 5.86. The van der Waals surface area contributed by atoms with Gasteiger partial charge in [0.25, 0.3) is 0 Å². The van der Waals surface area contributed by atoms with Gasteiger partial charge in [-0.15, -0.1) is 0 Å².